The Hall–Kier alpha value is -3.01. The van der Waals surface area contributed by atoms with Gasteiger partial charge in [-0.05, 0) is 31.2 Å². The van der Waals surface area contributed by atoms with Crippen molar-refractivity contribution in [1.82, 2.24) is 9.88 Å². The summed E-state index contributed by atoms with van der Waals surface area (Å²) in [6.45, 7) is 3.33. The normalized spacial score (nSPS) is 14.4. The maximum absolute atomic E-state index is 12.8. The zero-order valence-electron chi connectivity index (χ0n) is 16.6. The highest BCUT2D eigenvalue weighted by atomic mass is 35.5. The molecule has 0 saturated carbocycles. The molecule has 1 aliphatic heterocycles. The third kappa shape index (κ3) is 5.57. The van der Waals surface area contributed by atoms with Crippen LogP contribution in [0.2, 0.25) is 5.02 Å². The van der Waals surface area contributed by atoms with Crippen LogP contribution < -0.4 is 10.2 Å². The number of ether oxygens (including phenoxy) is 1. The van der Waals surface area contributed by atoms with Crippen molar-refractivity contribution in [2.24, 2.45) is 0 Å². The molecule has 0 unspecified atom stereocenters. The molecule has 1 aliphatic rings. The summed E-state index contributed by atoms with van der Waals surface area (Å²) in [6.07, 6.45) is -4.38. The van der Waals surface area contributed by atoms with E-state index in [1.165, 1.54) is 0 Å². The smallest absolute Gasteiger partial charge is 0.417 e. The Kier molecular flexibility index (Phi) is 6.89. The van der Waals surface area contributed by atoms with Crippen molar-refractivity contribution in [3.63, 3.8) is 0 Å². The highest BCUT2D eigenvalue weighted by Gasteiger charge is 2.32. The van der Waals surface area contributed by atoms with E-state index < -0.39 is 17.8 Å². The van der Waals surface area contributed by atoms with Crippen LogP contribution in [0.1, 0.15) is 22.8 Å². The van der Waals surface area contributed by atoms with Crippen LogP contribution in [0.15, 0.2) is 36.5 Å². The fraction of sp³-hybridized carbons (Fsp3) is 0.350. The number of aromatic nitrogens is 1. The van der Waals surface area contributed by atoms with Crippen LogP contribution in [0.5, 0.6) is 0 Å². The Morgan fingerprint density at radius 3 is 2.52 bits per heavy atom. The lowest BCUT2D eigenvalue weighted by molar-refractivity contribution is -0.137. The molecule has 1 N–H and O–H groups in total. The second-order valence-corrected chi connectivity index (χ2v) is 7.14. The number of amides is 2. The number of carbonyl (C=O) groups is 2. The van der Waals surface area contributed by atoms with Gasteiger partial charge in [-0.25, -0.2) is 9.78 Å². The van der Waals surface area contributed by atoms with Crippen LogP contribution >= 0.6 is 11.6 Å². The van der Waals surface area contributed by atoms with Crippen molar-refractivity contribution in [1.29, 1.82) is 0 Å². The number of anilines is 2. The van der Waals surface area contributed by atoms with Crippen molar-refractivity contribution in [2.45, 2.75) is 13.1 Å². The standard InChI is InChI=1S/C20H20ClF3N4O3/c1-2-31-19(30)26-15-5-3-4-13(10-15)18(29)28-8-6-27(7-9-28)17-16(21)11-14(12-25-17)20(22,23)24/h3-5,10-12H,2,6-9H2,1H3,(H,26,30). The third-order valence-corrected chi connectivity index (χ3v) is 4.92. The molecule has 7 nitrogen and oxygen atoms in total. The molecule has 1 fully saturated rings. The van der Waals surface area contributed by atoms with E-state index in [-0.39, 0.29) is 23.4 Å². The first-order valence-corrected chi connectivity index (χ1v) is 9.87. The zero-order chi connectivity index (χ0) is 22.6. The van der Waals surface area contributed by atoms with Gasteiger partial charge in [0.1, 0.15) is 5.82 Å². The predicted molar refractivity (Wildman–Crippen MR) is 109 cm³/mol. The summed E-state index contributed by atoms with van der Waals surface area (Å²) in [4.78, 5) is 31.6. The fourth-order valence-electron chi connectivity index (χ4n) is 3.14. The molecule has 0 aliphatic carbocycles. The molecule has 1 aromatic heterocycles. The molecule has 1 aromatic carbocycles. The Morgan fingerprint density at radius 1 is 1.19 bits per heavy atom. The van der Waals surface area contributed by atoms with E-state index in [0.717, 1.165) is 12.3 Å². The monoisotopic (exact) mass is 456 g/mol. The summed E-state index contributed by atoms with van der Waals surface area (Å²) < 4.78 is 43.2. The number of rotatable bonds is 4. The molecular weight excluding hydrogens is 437 g/mol. The summed E-state index contributed by atoms with van der Waals surface area (Å²) >= 11 is 6.02. The number of hydrogen-bond acceptors (Lipinski definition) is 5. The third-order valence-electron chi connectivity index (χ3n) is 4.65. The highest BCUT2D eigenvalue weighted by molar-refractivity contribution is 6.33. The number of hydrogen-bond donors (Lipinski definition) is 1. The maximum atomic E-state index is 12.8. The minimum Gasteiger partial charge on any atom is -0.450 e. The first-order valence-electron chi connectivity index (χ1n) is 9.50. The van der Waals surface area contributed by atoms with Crippen LogP contribution in [0.25, 0.3) is 0 Å². The van der Waals surface area contributed by atoms with E-state index in [2.05, 4.69) is 10.3 Å². The molecule has 0 atom stereocenters. The van der Waals surface area contributed by atoms with E-state index in [1.807, 2.05) is 0 Å². The second-order valence-electron chi connectivity index (χ2n) is 6.73. The highest BCUT2D eigenvalue weighted by Crippen LogP contribution is 2.33. The van der Waals surface area contributed by atoms with Crippen LogP contribution in [0, 0.1) is 0 Å². The molecule has 0 radical (unpaired) electrons. The molecule has 31 heavy (non-hydrogen) atoms. The average molecular weight is 457 g/mol. The molecule has 0 bridgehead atoms. The quantitative estimate of drug-likeness (QED) is 0.743. The number of carbonyl (C=O) groups excluding carboxylic acids is 2. The van der Waals surface area contributed by atoms with Crippen molar-refractivity contribution >= 4 is 35.1 Å². The Balaban J connectivity index is 1.63. The van der Waals surface area contributed by atoms with Crippen molar-refractivity contribution in [3.05, 3.63) is 52.7 Å². The second kappa shape index (κ2) is 9.42. The van der Waals surface area contributed by atoms with E-state index in [1.54, 1.807) is 41.0 Å². The van der Waals surface area contributed by atoms with Gasteiger partial charge in [0.2, 0.25) is 0 Å². The first-order chi connectivity index (χ1) is 14.7. The van der Waals surface area contributed by atoms with E-state index in [9.17, 15) is 22.8 Å². The molecule has 2 aromatic rings. The summed E-state index contributed by atoms with van der Waals surface area (Å²) in [6, 6.07) is 7.34. The van der Waals surface area contributed by atoms with Crippen molar-refractivity contribution in [2.75, 3.05) is 43.0 Å². The summed E-state index contributed by atoms with van der Waals surface area (Å²) in [5.74, 6) is 0.0287. The Labute approximate surface area is 181 Å². The molecule has 0 spiro atoms. The van der Waals surface area contributed by atoms with E-state index >= 15 is 0 Å². The van der Waals surface area contributed by atoms with Crippen LogP contribution in [0.4, 0.5) is 29.5 Å². The molecule has 11 heteroatoms. The van der Waals surface area contributed by atoms with Crippen LogP contribution in [-0.2, 0) is 10.9 Å². The lowest BCUT2D eigenvalue weighted by Gasteiger charge is -2.36. The molecule has 1 saturated heterocycles. The van der Waals surface area contributed by atoms with E-state index in [4.69, 9.17) is 16.3 Å². The predicted octanol–water partition coefficient (Wildman–Crippen LogP) is 4.28. The number of halogens is 4. The summed E-state index contributed by atoms with van der Waals surface area (Å²) in [5, 5.41) is 2.46. The Bertz CT molecular complexity index is 963. The number of nitrogens with zero attached hydrogens (tertiary/aromatic N) is 3. The van der Waals surface area contributed by atoms with Gasteiger partial charge in [0.05, 0.1) is 17.2 Å². The lowest BCUT2D eigenvalue weighted by Crippen LogP contribution is -2.49. The van der Waals surface area contributed by atoms with Gasteiger partial charge in [-0.15, -0.1) is 0 Å². The topological polar surface area (TPSA) is 74.8 Å². The van der Waals surface area contributed by atoms with Gasteiger partial charge < -0.3 is 14.5 Å². The van der Waals surface area contributed by atoms with E-state index in [0.29, 0.717) is 37.4 Å². The van der Waals surface area contributed by atoms with Gasteiger partial charge in [-0.2, -0.15) is 13.2 Å². The average Bonchev–Trinajstić information content (AvgIpc) is 2.73. The number of nitrogens with one attached hydrogen (secondary N) is 1. The molecule has 166 valence electrons. The summed E-state index contributed by atoms with van der Waals surface area (Å²) in [7, 11) is 0. The summed E-state index contributed by atoms with van der Waals surface area (Å²) in [5.41, 5.74) is -0.0801. The Morgan fingerprint density at radius 2 is 1.90 bits per heavy atom. The van der Waals surface area contributed by atoms with Gasteiger partial charge >= 0.3 is 12.3 Å². The minimum absolute atomic E-state index is 0.0904. The van der Waals surface area contributed by atoms with Crippen LogP contribution in [-0.4, -0.2) is 54.7 Å². The van der Waals surface area contributed by atoms with Gasteiger partial charge in [0.25, 0.3) is 5.91 Å². The number of pyridine rings is 1. The van der Waals surface area contributed by atoms with Crippen LogP contribution in [0.3, 0.4) is 0 Å². The van der Waals surface area contributed by atoms with Gasteiger partial charge in [-0.1, -0.05) is 17.7 Å². The number of piperazine rings is 1. The fourth-order valence-corrected chi connectivity index (χ4v) is 3.42. The maximum Gasteiger partial charge on any atom is 0.417 e. The molecule has 2 amide bonds. The zero-order valence-corrected chi connectivity index (χ0v) is 17.3. The van der Waals surface area contributed by atoms with Crippen molar-refractivity contribution < 1.29 is 27.5 Å². The molecule has 3 rings (SSSR count). The SMILES string of the molecule is CCOC(=O)Nc1cccc(C(=O)N2CCN(c3ncc(C(F)(F)F)cc3Cl)CC2)c1. The largest absolute Gasteiger partial charge is 0.450 e. The first kappa shape index (κ1) is 22.7. The molecule has 2 heterocycles. The van der Waals surface area contributed by atoms with Gasteiger partial charge in [0, 0.05) is 43.6 Å². The lowest BCUT2D eigenvalue weighted by atomic mass is 10.1. The molecular formula is C20H20ClF3N4O3. The van der Waals surface area contributed by atoms with Gasteiger partial charge in [-0.3, -0.25) is 10.1 Å². The number of benzene rings is 1. The minimum atomic E-state index is -4.52. The van der Waals surface area contributed by atoms with Gasteiger partial charge in [0.15, 0.2) is 0 Å². The number of alkyl halides is 3. The van der Waals surface area contributed by atoms with Crippen molar-refractivity contribution in [3.8, 4) is 0 Å².